The smallest absolute Gasteiger partial charge is 0.264 e. The first-order valence-electron chi connectivity index (χ1n) is 12.1. The molecule has 0 aromatic heterocycles. The lowest BCUT2D eigenvalue weighted by Crippen LogP contribution is -2.52. The summed E-state index contributed by atoms with van der Waals surface area (Å²) >= 11 is 6.31. The van der Waals surface area contributed by atoms with Crippen LogP contribution in [-0.4, -0.2) is 43.8 Å². The lowest BCUT2D eigenvalue weighted by molar-refractivity contribution is -0.139. The van der Waals surface area contributed by atoms with Gasteiger partial charge in [-0.2, -0.15) is 0 Å². The minimum absolute atomic E-state index is 0.000168. The Morgan fingerprint density at radius 1 is 0.974 bits per heavy atom. The van der Waals surface area contributed by atoms with Gasteiger partial charge in [-0.15, -0.1) is 0 Å². The molecule has 0 saturated heterocycles. The van der Waals surface area contributed by atoms with Crippen molar-refractivity contribution in [3.8, 4) is 0 Å². The zero-order valence-electron chi connectivity index (χ0n) is 21.7. The van der Waals surface area contributed by atoms with Crippen molar-refractivity contribution in [3.63, 3.8) is 0 Å². The normalized spacial score (nSPS) is 12.2. The highest BCUT2D eigenvalue weighted by Crippen LogP contribution is 2.28. The highest BCUT2D eigenvalue weighted by molar-refractivity contribution is 7.92. The average Bonchev–Trinajstić information content (AvgIpc) is 2.88. The average molecular weight is 560 g/mol. The summed E-state index contributed by atoms with van der Waals surface area (Å²) in [4.78, 5) is 28.0. The van der Waals surface area contributed by atoms with Crippen molar-refractivity contribution in [2.24, 2.45) is 0 Å². The molecule has 1 atom stereocenters. The molecule has 3 rings (SSSR count). The van der Waals surface area contributed by atoms with Gasteiger partial charge in [0.2, 0.25) is 11.8 Å². The predicted octanol–water partition coefficient (Wildman–Crippen LogP) is 4.92. The van der Waals surface area contributed by atoms with Crippen LogP contribution in [0.1, 0.15) is 31.9 Å². The van der Waals surface area contributed by atoms with Gasteiger partial charge in [-0.3, -0.25) is 13.9 Å². The van der Waals surface area contributed by atoms with E-state index in [1.807, 2.05) is 0 Å². The molecule has 0 aliphatic carbocycles. The minimum atomic E-state index is -4.18. The van der Waals surface area contributed by atoms with Crippen LogP contribution in [0.4, 0.5) is 10.1 Å². The Kier molecular flexibility index (Phi) is 9.51. The molecule has 0 spiro atoms. The van der Waals surface area contributed by atoms with Gasteiger partial charge in [0, 0.05) is 17.6 Å². The standard InChI is InChI=1S/C28H31ClFN3O4S/c1-19(2)31-28(35)21(4)32(17-22-11-13-23(30)14-12-22)27(34)18-33(24-15-10-20(3)26(29)16-24)38(36,37)25-8-6-5-7-9-25/h5-16,19,21H,17-18H2,1-4H3,(H,31,35)/t21-/m0/s1. The molecule has 3 aromatic carbocycles. The molecular formula is C28H31ClFN3O4S. The highest BCUT2D eigenvalue weighted by Gasteiger charge is 2.32. The summed E-state index contributed by atoms with van der Waals surface area (Å²) in [5, 5.41) is 3.13. The quantitative estimate of drug-likeness (QED) is 0.382. The number of aryl methyl sites for hydroxylation is 1. The summed E-state index contributed by atoms with van der Waals surface area (Å²) in [6, 6.07) is 16.9. The van der Waals surface area contributed by atoms with Crippen LogP contribution in [0.25, 0.3) is 0 Å². The van der Waals surface area contributed by atoms with Crippen molar-refractivity contribution in [2.75, 3.05) is 10.8 Å². The second kappa shape index (κ2) is 12.4. The largest absolute Gasteiger partial charge is 0.352 e. The van der Waals surface area contributed by atoms with Crippen molar-refractivity contribution in [3.05, 3.63) is 94.8 Å². The van der Waals surface area contributed by atoms with Crippen LogP contribution in [0.2, 0.25) is 5.02 Å². The Morgan fingerprint density at radius 2 is 1.61 bits per heavy atom. The van der Waals surface area contributed by atoms with Crippen LogP contribution in [-0.2, 0) is 26.2 Å². The molecule has 0 bridgehead atoms. The number of nitrogens with zero attached hydrogens (tertiary/aromatic N) is 2. The Bertz CT molecular complexity index is 1380. The first-order valence-corrected chi connectivity index (χ1v) is 13.9. The fourth-order valence-corrected chi connectivity index (χ4v) is 5.36. The van der Waals surface area contributed by atoms with Gasteiger partial charge in [-0.25, -0.2) is 12.8 Å². The summed E-state index contributed by atoms with van der Waals surface area (Å²) in [5.41, 5.74) is 1.54. The molecule has 7 nitrogen and oxygen atoms in total. The van der Waals surface area contributed by atoms with Crippen LogP contribution in [0.15, 0.2) is 77.7 Å². The molecule has 1 N–H and O–H groups in total. The van der Waals surface area contributed by atoms with Crippen molar-refractivity contribution in [1.29, 1.82) is 0 Å². The summed E-state index contributed by atoms with van der Waals surface area (Å²) in [5.74, 6) is -1.45. The molecule has 38 heavy (non-hydrogen) atoms. The lowest BCUT2D eigenvalue weighted by Gasteiger charge is -2.32. The van der Waals surface area contributed by atoms with Crippen molar-refractivity contribution >= 4 is 39.1 Å². The first kappa shape index (κ1) is 29.1. The molecule has 0 unspecified atom stereocenters. The second-order valence-electron chi connectivity index (χ2n) is 9.25. The van der Waals surface area contributed by atoms with E-state index >= 15 is 0 Å². The Labute approximate surface area is 228 Å². The first-order chi connectivity index (χ1) is 17.9. The number of rotatable bonds is 10. The summed E-state index contributed by atoms with van der Waals surface area (Å²) < 4.78 is 41.9. The SMILES string of the molecule is Cc1ccc(N(CC(=O)N(Cc2ccc(F)cc2)[C@@H](C)C(=O)NC(C)C)S(=O)(=O)c2ccccc2)cc1Cl. The van der Waals surface area contributed by atoms with Crippen molar-refractivity contribution in [1.82, 2.24) is 10.2 Å². The van der Waals surface area contributed by atoms with Gasteiger partial charge in [0.25, 0.3) is 10.0 Å². The number of sulfonamides is 1. The Morgan fingerprint density at radius 3 is 2.18 bits per heavy atom. The van der Waals surface area contributed by atoms with E-state index in [9.17, 15) is 22.4 Å². The number of carbonyl (C=O) groups excluding carboxylic acids is 2. The number of carbonyl (C=O) groups is 2. The van der Waals surface area contributed by atoms with Crippen molar-refractivity contribution < 1.29 is 22.4 Å². The third kappa shape index (κ3) is 7.11. The third-order valence-electron chi connectivity index (χ3n) is 5.92. The van der Waals surface area contributed by atoms with E-state index in [4.69, 9.17) is 11.6 Å². The zero-order chi connectivity index (χ0) is 28.0. The predicted molar refractivity (Wildman–Crippen MR) is 147 cm³/mol. The van der Waals surface area contributed by atoms with Crippen molar-refractivity contribution in [2.45, 2.75) is 51.2 Å². The molecule has 0 aliphatic rings. The molecular weight excluding hydrogens is 529 g/mol. The second-order valence-corrected chi connectivity index (χ2v) is 11.5. The molecule has 0 radical (unpaired) electrons. The Balaban J connectivity index is 2.04. The van der Waals surface area contributed by atoms with E-state index < -0.39 is 40.2 Å². The maximum atomic E-state index is 13.8. The number of hydrogen-bond acceptors (Lipinski definition) is 4. The number of anilines is 1. The van der Waals surface area contributed by atoms with Crippen LogP contribution >= 0.6 is 11.6 Å². The summed E-state index contributed by atoms with van der Waals surface area (Å²) in [6.07, 6.45) is 0. The topological polar surface area (TPSA) is 86.8 Å². The fraction of sp³-hybridized carbons (Fsp3) is 0.286. The van der Waals surface area contributed by atoms with Gasteiger partial charge >= 0.3 is 0 Å². The van der Waals surface area contributed by atoms with Crippen LogP contribution in [0.5, 0.6) is 0 Å². The van der Waals surface area contributed by atoms with Gasteiger partial charge in [-0.1, -0.05) is 48.0 Å². The van der Waals surface area contributed by atoms with E-state index in [0.29, 0.717) is 10.6 Å². The maximum absolute atomic E-state index is 13.8. The molecule has 2 amide bonds. The molecule has 0 aliphatic heterocycles. The van der Waals surface area contributed by atoms with Crippen LogP contribution < -0.4 is 9.62 Å². The highest BCUT2D eigenvalue weighted by atomic mass is 35.5. The Hall–Kier alpha value is -3.43. The van der Waals surface area contributed by atoms with Gasteiger partial charge in [0.1, 0.15) is 18.4 Å². The molecule has 3 aromatic rings. The zero-order valence-corrected chi connectivity index (χ0v) is 23.3. The number of amides is 2. The van der Waals surface area contributed by atoms with E-state index in [0.717, 1.165) is 9.87 Å². The number of nitrogens with one attached hydrogen (secondary N) is 1. The molecule has 10 heteroatoms. The molecule has 0 saturated carbocycles. The van der Waals surface area contributed by atoms with E-state index in [1.165, 1.54) is 47.4 Å². The summed E-state index contributed by atoms with van der Waals surface area (Å²) in [7, 11) is -4.18. The van der Waals surface area contributed by atoms with Gasteiger partial charge < -0.3 is 10.2 Å². The van der Waals surface area contributed by atoms with E-state index in [-0.39, 0.29) is 23.2 Å². The van der Waals surface area contributed by atoms with Gasteiger partial charge in [0.15, 0.2) is 0 Å². The maximum Gasteiger partial charge on any atom is 0.264 e. The number of benzene rings is 3. The minimum Gasteiger partial charge on any atom is -0.352 e. The van der Waals surface area contributed by atoms with Gasteiger partial charge in [0.05, 0.1) is 10.6 Å². The van der Waals surface area contributed by atoms with E-state index in [1.54, 1.807) is 58.0 Å². The molecule has 202 valence electrons. The van der Waals surface area contributed by atoms with E-state index in [2.05, 4.69) is 5.32 Å². The van der Waals surface area contributed by atoms with Crippen LogP contribution in [0, 0.1) is 12.7 Å². The summed E-state index contributed by atoms with van der Waals surface area (Å²) in [6.45, 7) is 6.33. The lowest BCUT2D eigenvalue weighted by atomic mass is 10.1. The number of halogens is 2. The molecule has 0 heterocycles. The number of hydrogen-bond donors (Lipinski definition) is 1. The fourth-order valence-electron chi connectivity index (χ4n) is 3.76. The monoisotopic (exact) mass is 559 g/mol. The van der Waals surface area contributed by atoms with Gasteiger partial charge in [-0.05, 0) is 75.2 Å². The van der Waals surface area contributed by atoms with Crippen LogP contribution in [0.3, 0.4) is 0 Å². The third-order valence-corrected chi connectivity index (χ3v) is 8.11. The molecule has 0 fully saturated rings.